The highest BCUT2D eigenvalue weighted by Crippen LogP contribution is 2.44. The average Bonchev–Trinajstić information content (AvgIpc) is 2.80. The highest BCUT2D eigenvalue weighted by Gasteiger charge is 2.34. The van der Waals surface area contributed by atoms with Crippen LogP contribution in [0.3, 0.4) is 0 Å². The number of allylic oxidation sites excluding steroid dienone is 2. The smallest absolute Gasteiger partial charge is 0.0262 e. The standard InChI is InChI=1S/C12H22/c1-4-6-10(3)7-8-12-9-11(12)5-2/h4,6,10-12H,5,7-9H2,1-3H3. The molecule has 0 saturated heterocycles. The lowest BCUT2D eigenvalue weighted by Gasteiger charge is -2.04. The Balaban J connectivity index is 2.03. The lowest BCUT2D eigenvalue weighted by atomic mass is 10.0. The summed E-state index contributed by atoms with van der Waals surface area (Å²) in [5.41, 5.74) is 0. The third-order valence-electron chi connectivity index (χ3n) is 3.11. The Hall–Kier alpha value is -0.260. The third kappa shape index (κ3) is 3.00. The van der Waals surface area contributed by atoms with Crippen LogP contribution in [0.15, 0.2) is 12.2 Å². The van der Waals surface area contributed by atoms with Crippen LogP contribution in [0.2, 0.25) is 0 Å². The Morgan fingerprint density at radius 3 is 2.67 bits per heavy atom. The highest BCUT2D eigenvalue weighted by atomic mass is 14.4. The molecule has 0 N–H and O–H groups in total. The van der Waals surface area contributed by atoms with Crippen LogP contribution in [-0.4, -0.2) is 0 Å². The van der Waals surface area contributed by atoms with Gasteiger partial charge in [-0.1, -0.05) is 32.4 Å². The maximum Gasteiger partial charge on any atom is -0.0262 e. The van der Waals surface area contributed by atoms with Crippen LogP contribution in [0, 0.1) is 17.8 Å². The summed E-state index contributed by atoms with van der Waals surface area (Å²) in [5.74, 6) is 2.97. The van der Waals surface area contributed by atoms with Crippen LogP contribution in [0.5, 0.6) is 0 Å². The molecule has 3 unspecified atom stereocenters. The normalized spacial score (nSPS) is 30.9. The van der Waals surface area contributed by atoms with E-state index in [1.807, 2.05) is 0 Å². The molecule has 70 valence electrons. The predicted octanol–water partition coefficient (Wildman–Crippen LogP) is 4.02. The molecule has 0 amide bonds. The summed E-state index contributed by atoms with van der Waals surface area (Å²) >= 11 is 0. The maximum absolute atomic E-state index is 2.32. The minimum absolute atomic E-state index is 0.799. The summed E-state index contributed by atoms with van der Waals surface area (Å²) in [5, 5.41) is 0. The fourth-order valence-electron chi connectivity index (χ4n) is 2.07. The van der Waals surface area contributed by atoms with Crippen molar-refractivity contribution >= 4 is 0 Å². The molecule has 0 aromatic carbocycles. The van der Waals surface area contributed by atoms with E-state index in [0.29, 0.717) is 0 Å². The Morgan fingerprint density at radius 2 is 2.17 bits per heavy atom. The van der Waals surface area contributed by atoms with E-state index >= 15 is 0 Å². The van der Waals surface area contributed by atoms with Crippen LogP contribution >= 0.6 is 0 Å². The van der Waals surface area contributed by atoms with E-state index < -0.39 is 0 Å². The third-order valence-corrected chi connectivity index (χ3v) is 3.11. The Morgan fingerprint density at radius 1 is 1.42 bits per heavy atom. The van der Waals surface area contributed by atoms with Gasteiger partial charge in [0.15, 0.2) is 0 Å². The van der Waals surface area contributed by atoms with Gasteiger partial charge in [0.25, 0.3) is 0 Å². The molecule has 1 fully saturated rings. The van der Waals surface area contributed by atoms with Crippen molar-refractivity contribution in [3.05, 3.63) is 12.2 Å². The monoisotopic (exact) mass is 166 g/mol. The fraction of sp³-hybridized carbons (Fsp3) is 0.833. The first-order chi connectivity index (χ1) is 5.77. The average molecular weight is 166 g/mol. The second-order valence-corrected chi connectivity index (χ2v) is 4.24. The molecule has 0 aliphatic heterocycles. The molecule has 0 heteroatoms. The highest BCUT2D eigenvalue weighted by molar-refractivity contribution is 4.88. The van der Waals surface area contributed by atoms with Crippen molar-refractivity contribution in [3.63, 3.8) is 0 Å². The summed E-state index contributed by atoms with van der Waals surface area (Å²) in [6, 6.07) is 0. The van der Waals surface area contributed by atoms with Gasteiger partial charge in [-0.15, -0.1) is 0 Å². The van der Waals surface area contributed by atoms with E-state index in [9.17, 15) is 0 Å². The van der Waals surface area contributed by atoms with Crippen LogP contribution in [0.4, 0.5) is 0 Å². The molecule has 0 nitrogen and oxygen atoms in total. The van der Waals surface area contributed by atoms with Crippen LogP contribution in [0.1, 0.15) is 46.5 Å². The SMILES string of the molecule is CC=CC(C)CCC1CC1CC. The van der Waals surface area contributed by atoms with Gasteiger partial charge in [0.2, 0.25) is 0 Å². The van der Waals surface area contributed by atoms with E-state index in [4.69, 9.17) is 0 Å². The van der Waals surface area contributed by atoms with Gasteiger partial charge in [0, 0.05) is 0 Å². The van der Waals surface area contributed by atoms with Gasteiger partial charge in [-0.3, -0.25) is 0 Å². The van der Waals surface area contributed by atoms with E-state index in [1.54, 1.807) is 0 Å². The van der Waals surface area contributed by atoms with Gasteiger partial charge in [-0.2, -0.15) is 0 Å². The molecule has 0 radical (unpaired) electrons. The number of hydrogen-bond donors (Lipinski definition) is 0. The summed E-state index contributed by atoms with van der Waals surface area (Å²) in [6.07, 6.45) is 10.3. The van der Waals surface area contributed by atoms with Crippen molar-refractivity contribution in [3.8, 4) is 0 Å². The van der Waals surface area contributed by atoms with E-state index in [2.05, 4.69) is 32.9 Å². The van der Waals surface area contributed by atoms with Gasteiger partial charge in [-0.05, 0) is 43.9 Å². The summed E-state index contributed by atoms with van der Waals surface area (Å²) in [6.45, 7) is 6.76. The zero-order chi connectivity index (χ0) is 8.97. The molecule has 0 bridgehead atoms. The van der Waals surface area contributed by atoms with Crippen LogP contribution in [-0.2, 0) is 0 Å². The van der Waals surface area contributed by atoms with Crippen molar-refractivity contribution in [2.75, 3.05) is 0 Å². The lowest BCUT2D eigenvalue weighted by molar-refractivity contribution is 0.538. The molecular formula is C12H22. The first kappa shape index (κ1) is 9.83. The number of hydrogen-bond acceptors (Lipinski definition) is 0. The molecule has 0 heterocycles. The second kappa shape index (κ2) is 4.69. The molecule has 0 spiro atoms. The minimum atomic E-state index is 0.799. The molecule has 1 aliphatic rings. The first-order valence-electron chi connectivity index (χ1n) is 5.40. The largest absolute Gasteiger partial charge is 0.0914 e. The summed E-state index contributed by atoms with van der Waals surface area (Å²) < 4.78 is 0. The fourth-order valence-corrected chi connectivity index (χ4v) is 2.07. The van der Waals surface area contributed by atoms with E-state index in [-0.39, 0.29) is 0 Å². The van der Waals surface area contributed by atoms with Gasteiger partial charge in [-0.25, -0.2) is 0 Å². The molecule has 0 aromatic rings. The lowest BCUT2D eigenvalue weighted by Crippen LogP contribution is -1.91. The van der Waals surface area contributed by atoms with Crippen molar-refractivity contribution in [2.45, 2.75) is 46.5 Å². The zero-order valence-electron chi connectivity index (χ0n) is 8.72. The minimum Gasteiger partial charge on any atom is -0.0914 e. The van der Waals surface area contributed by atoms with E-state index in [0.717, 1.165) is 17.8 Å². The molecule has 3 atom stereocenters. The maximum atomic E-state index is 2.32. The van der Waals surface area contributed by atoms with Gasteiger partial charge in [0.1, 0.15) is 0 Å². The van der Waals surface area contributed by atoms with Crippen LogP contribution < -0.4 is 0 Å². The molecule has 1 rings (SSSR count). The van der Waals surface area contributed by atoms with Crippen LogP contribution in [0.25, 0.3) is 0 Å². The second-order valence-electron chi connectivity index (χ2n) is 4.24. The molecular weight excluding hydrogens is 144 g/mol. The zero-order valence-corrected chi connectivity index (χ0v) is 8.72. The Labute approximate surface area is 77.1 Å². The van der Waals surface area contributed by atoms with Crippen molar-refractivity contribution in [1.29, 1.82) is 0 Å². The van der Waals surface area contributed by atoms with Crippen molar-refractivity contribution in [1.82, 2.24) is 0 Å². The van der Waals surface area contributed by atoms with Gasteiger partial charge < -0.3 is 0 Å². The Bertz CT molecular complexity index is 146. The predicted molar refractivity (Wildman–Crippen MR) is 55.1 cm³/mol. The number of rotatable bonds is 5. The Kier molecular flexibility index (Phi) is 3.84. The van der Waals surface area contributed by atoms with Gasteiger partial charge >= 0.3 is 0 Å². The molecule has 0 aromatic heterocycles. The molecule has 1 saturated carbocycles. The summed E-state index contributed by atoms with van der Waals surface area (Å²) in [4.78, 5) is 0. The molecule has 1 aliphatic carbocycles. The molecule has 12 heavy (non-hydrogen) atoms. The van der Waals surface area contributed by atoms with Crippen molar-refractivity contribution < 1.29 is 0 Å². The van der Waals surface area contributed by atoms with Crippen molar-refractivity contribution in [2.24, 2.45) is 17.8 Å². The van der Waals surface area contributed by atoms with Gasteiger partial charge in [0.05, 0.1) is 0 Å². The topological polar surface area (TPSA) is 0 Å². The van der Waals surface area contributed by atoms with E-state index in [1.165, 1.54) is 25.7 Å². The quantitative estimate of drug-likeness (QED) is 0.541. The summed E-state index contributed by atoms with van der Waals surface area (Å²) in [7, 11) is 0. The first-order valence-corrected chi connectivity index (χ1v) is 5.40.